The molecule has 2 aliphatic rings. The van der Waals surface area contributed by atoms with E-state index >= 15 is 0 Å². The maximum absolute atomic E-state index is 10.5. The Morgan fingerprint density at radius 2 is 2.12 bits per heavy atom. The molecule has 0 radical (unpaired) electrons. The van der Waals surface area contributed by atoms with Gasteiger partial charge in [0.1, 0.15) is 6.10 Å². The van der Waals surface area contributed by atoms with Crippen molar-refractivity contribution in [3.8, 4) is 0 Å². The molecule has 1 aliphatic heterocycles. The van der Waals surface area contributed by atoms with Gasteiger partial charge in [0.05, 0.1) is 13.2 Å². The molecule has 0 aromatic rings. The smallest absolute Gasteiger partial charge is 0.404 e. The Kier molecular flexibility index (Phi) is 4.36. The highest BCUT2D eigenvalue weighted by Gasteiger charge is 2.26. The van der Waals surface area contributed by atoms with Crippen LogP contribution in [0, 0.1) is 0 Å². The standard InChI is InChI=1S/C12H13ClO4/c13-12(14)17-10-7-15-11(16-8-10)9-5-3-1-2-4-6-9/h1,3-6,10-11H,2,7-8H2. The van der Waals surface area contributed by atoms with Crippen LogP contribution in [0.2, 0.25) is 0 Å². The third kappa shape index (κ3) is 3.70. The molecule has 1 fully saturated rings. The SMILES string of the molecule is O=C(Cl)OC1COC(C2=CC=CCC=C2)OC1. The topological polar surface area (TPSA) is 44.8 Å². The molecule has 0 bridgehead atoms. The number of rotatable bonds is 2. The van der Waals surface area contributed by atoms with E-state index in [4.69, 9.17) is 25.8 Å². The quantitative estimate of drug-likeness (QED) is 0.713. The molecule has 92 valence electrons. The first-order valence-electron chi connectivity index (χ1n) is 5.38. The van der Waals surface area contributed by atoms with E-state index in [1.54, 1.807) is 0 Å². The van der Waals surface area contributed by atoms with E-state index < -0.39 is 17.8 Å². The number of hydrogen-bond donors (Lipinski definition) is 0. The van der Waals surface area contributed by atoms with Crippen LogP contribution in [0.1, 0.15) is 6.42 Å². The van der Waals surface area contributed by atoms with Gasteiger partial charge in [0.25, 0.3) is 0 Å². The van der Waals surface area contributed by atoms with Crippen molar-refractivity contribution in [3.63, 3.8) is 0 Å². The molecule has 0 spiro atoms. The normalized spacial score (nSPS) is 28.4. The highest BCUT2D eigenvalue weighted by atomic mass is 35.5. The molecule has 0 atom stereocenters. The Morgan fingerprint density at radius 3 is 2.82 bits per heavy atom. The van der Waals surface area contributed by atoms with Crippen molar-refractivity contribution < 1.29 is 19.0 Å². The van der Waals surface area contributed by atoms with Gasteiger partial charge in [-0.1, -0.05) is 30.4 Å². The molecule has 17 heavy (non-hydrogen) atoms. The number of hydrogen-bond acceptors (Lipinski definition) is 4. The minimum absolute atomic E-state index is 0.290. The van der Waals surface area contributed by atoms with Crippen molar-refractivity contribution in [2.75, 3.05) is 13.2 Å². The van der Waals surface area contributed by atoms with Gasteiger partial charge in [0.2, 0.25) is 0 Å². The van der Waals surface area contributed by atoms with Crippen LogP contribution in [0.15, 0.2) is 36.0 Å². The fourth-order valence-corrected chi connectivity index (χ4v) is 1.76. The van der Waals surface area contributed by atoms with Crippen molar-refractivity contribution in [2.45, 2.75) is 18.8 Å². The molecule has 1 heterocycles. The zero-order valence-electron chi connectivity index (χ0n) is 9.17. The zero-order valence-corrected chi connectivity index (χ0v) is 9.93. The van der Waals surface area contributed by atoms with E-state index in [9.17, 15) is 4.79 Å². The van der Waals surface area contributed by atoms with Gasteiger partial charge in [-0.3, -0.25) is 0 Å². The second-order valence-corrected chi connectivity index (χ2v) is 4.02. The summed E-state index contributed by atoms with van der Waals surface area (Å²) in [5.41, 5.74) is 0.117. The first kappa shape index (κ1) is 12.4. The molecule has 0 N–H and O–H groups in total. The van der Waals surface area contributed by atoms with Gasteiger partial charge in [-0.15, -0.1) is 0 Å². The van der Waals surface area contributed by atoms with Crippen molar-refractivity contribution in [1.29, 1.82) is 0 Å². The molecule has 0 unspecified atom stereocenters. The highest BCUT2D eigenvalue weighted by Crippen LogP contribution is 2.19. The van der Waals surface area contributed by atoms with Crippen LogP contribution in [0.25, 0.3) is 0 Å². The lowest BCUT2D eigenvalue weighted by Crippen LogP contribution is -2.38. The predicted molar refractivity (Wildman–Crippen MR) is 62.8 cm³/mol. The van der Waals surface area contributed by atoms with Gasteiger partial charge in [0, 0.05) is 17.2 Å². The maximum atomic E-state index is 10.5. The molecular formula is C12H13ClO4. The lowest BCUT2D eigenvalue weighted by molar-refractivity contribution is -0.195. The average molecular weight is 257 g/mol. The second-order valence-electron chi connectivity index (χ2n) is 3.71. The van der Waals surface area contributed by atoms with Crippen molar-refractivity contribution in [3.05, 3.63) is 36.0 Å². The average Bonchev–Trinajstić information content (AvgIpc) is 2.58. The molecule has 1 saturated heterocycles. The summed E-state index contributed by atoms with van der Waals surface area (Å²) in [4.78, 5) is 10.5. The van der Waals surface area contributed by atoms with E-state index in [2.05, 4.69) is 0 Å². The van der Waals surface area contributed by atoms with E-state index in [1.165, 1.54) is 0 Å². The van der Waals surface area contributed by atoms with Crippen molar-refractivity contribution >= 4 is 17.0 Å². The maximum Gasteiger partial charge on any atom is 0.404 e. The third-order valence-corrected chi connectivity index (χ3v) is 2.49. The van der Waals surface area contributed by atoms with Crippen LogP contribution < -0.4 is 0 Å². The Balaban J connectivity index is 1.88. The molecule has 0 saturated carbocycles. The molecular weight excluding hydrogens is 244 g/mol. The molecule has 4 nitrogen and oxygen atoms in total. The summed E-state index contributed by atoms with van der Waals surface area (Å²) in [6.07, 6.45) is 10.0. The minimum atomic E-state index is -0.836. The van der Waals surface area contributed by atoms with Gasteiger partial charge >= 0.3 is 5.43 Å². The number of allylic oxidation sites excluding steroid dienone is 4. The van der Waals surface area contributed by atoms with Gasteiger partial charge in [0.15, 0.2) is 6.29 Å². The molecule has 1 aliphatic carbocycles. The van der Waals surface area contributed by atoms with E-state index in [0.717, 1.165) is 12.0 Å². The van der Waals surface area contributed by atoms with Crippen LogP contribution in [0.4, 0.5) is 4.79 Å². The summed E-state index contributed by atoms with van der Waals surface area (Å²) in [5.74, 6) is 0. The van der Waals surface area contributed by atoms with Crippen molar-refractivity contribution in [2.24, 2.45) is 0 Å². The Morgan fingerprint density at radius 1 is 1.35 bits per heavy atom. The fourth-order valence-electron chi connectivity index (χ4n) is 1.63. The number of carbonyl (C=O) groups is 1. The summed E-state index contributed by atoms with van der Waals surface area (Å²) in [6.45, 7) is 0.579. The van der Waals surface area contributed by atoms with Crippen LogP contribution in [0.3, 0.4) is 0 Å². The van der Waals surface area contributed by atoms with Gasteiger partial charge in [-0.05, 0) is 6.42 Å². The second kappa shape index (κ2) is 6.00. The summed E-state index contributed by atoms with van der Waals surface area (Å²) in [5, 5.41) is 0. The Bertz CT molecular complexity index is 365. The largest absolute Gasteiger partial charge is 0.445 e. The summed E-state index contributed by atoms with van der Waals surface area (Å²) in [6, 6.07) is 0. The van der Waals surface area contributed by atoms with Crippen LogP contribution >= 0.6 is 11.6 Å². The Labute approximate surface area is 104 Å². The minimum Gasteiger partial charge on any atom is -0.445 e. The monoisotopic (exact) mass is 256 g/mol. The Hall–Kier alpha value is -1.10. The third-order valence-electron chi connectivity index (χ3n) is 2.41. The fraction of sp³-hybridized carbons (Fsp3) is 0.417. The van der Waals surface area contributed by atoms with Crippen LogP contribution in [0.5, 0.6) is 0 Å². The predicted octanol–water partition coefficient (Wildman–Crippen LogP) is 2.55. The van der Waals surface area contributed by atoms with Gasteiger partial charge in [-0.2, -0.15) is 0 Å². The summed E-state index contributed by atoms with van der Waals surface area (Å²) >= 11 is 5.11. The zero-order chi connectivity index (χ0) is 12.1. The van der Waals surface area contributed by atoms with Gasteiger partial charge in [-0.25, -0.2) is 4.79 Å². The number of ether oxygens (including phenoxy) is 3. The van der Waals surface area contributed by atoms with E-state index in [0.29, 0.717) is 0 Å². The van der Waals surface area contributed by atoms with Crippen LogP contribution in [-0.2, 0) is 14.2 Å². The first-order valence-corrected chi connectivity index (χ1v) is 5.76. The molecule has 2 rings (SSSR count). The van der Waals surface area contributed by atoms with E-state index in [-0.39, 0.29) is 13.2 Å². The van der Waals surface area contributed by atoms with Crippen molar-refractivity contribution in [1.82, 2.24) is 0 Å². The lowest BCUT2D eigenvalue weighted by atomic mass is 10.2. The summed E-state index contributed by atoms with van der Waals surface area (Å²) < 4.78 is 15.7. The van der Waals surface area contributed by atoms with E-state index in [1.807, 2.05) is 30.4 Å². The lowest BCUT2D eigenvalue weighted by Gasteiger charge is -2.29. The number of carbonyl (C=O) groups excluding carboxylic acids is 1. The molecule has 0 amide bonds. The van der Waals surface area contributed by atoms with Crippen LogP contribution in [-0.4, -0.2) is 31.0 Å². The molecule has 0 aromatic carbocycles. The first-order chi connectivity index (χ1) is 8.25. The highest BCUT2D eigenvalue weighted by molar-refractivity contribution is 6.61. The molecule has 5 heteroatoms. The van der Waals surface area contributed by atoms with Gasteiger partial charge < -0.3 is 14.2 Å². The summed E-state index contributed by atoms with van der Waals surface area (Å²) in [7, 11) is 0. The number of halogens is 1. The molecule has 0 aromatic heterocycles.